The van der Waals surface area contributed by atoms with Gasteiger partial charge in [0.2, 0.25) is 0 Å². The number of hydrogen-bond acceptors (Lipinski definition) is 7. The molecule has 4 N–H and O–H groups in total. The van der Waals surface area contributed by atoms with E-state index >= 15 is 0 Å². The summed E-state index contributed by atoms with van der Waals surface area (Å²) in [5.41, 5.74) is 7.64. The number of carbonyl (C=O) groups is 1. The van der Waals surface area contributed by atoms with E-state index in [9.17, 15) is 4.79 Å². The van der Waals surface area contributed by atoms with Crippen molar-refractivity contribution in [1.29, 1.82) is 0 Å². The first-order chi connectivity index (χ1) is 14.0. The maximum absolute atomic E-state index is 13.1. The Labute approximate surface area is 182 Å². The molecule has 0 saturated heterocycles. The predicted molar refractivity (Wildman–Crippen MR) is 117 cm³/mol. The average molecular weight is 452 g/mol. The van der Waals surface area contributed by atoms with Crippen LogP contribution in [0.4, 0.5) is 17.5 Å². The number of rotatable bonds is 3. The third-order valence-corrected chi connectivity index (χ3v) is 5.44. The summed E-state index contributed by atoms with van der Waals surface area (Å²) in [7, 11) is 0. The van der Waals surface area contributed by atoms with Crippen LogP contribution in [0, 0.1) is 0 Å². The van der Waals surface area contributed by atoms with Crippen molar-refractivity contribution >= 4 is 58.3 Å². The molecule has 0 spiro atoms. The average Bonchev–Trinajstić information content (AvgIpc) is 3.33. The van der Waals surface area contributed by atoms with Gasteiger partial charge in [-0.05, 0) is 24.6 Å². The van der Waals surface area contributed by atoms with Gasteiger partial charge in [0, 0.05) is 11.8 Å². The topological polar surface area (TPSA) is 111 Å². The number of fused-ring (bicyclic) bond motifs is 1. The standard InChI is InChI=1S/C16H13Cl2N7OS.C2H6/c1-7-12(16(26)22-15-14(19)23-27-24-15)13(25-11(21-7)4-5-20-25)8-2-3-9(17)10(18)6-8;1-2/h2-6,13,21H,1H3,(H2,19,23)(H,22,24,26);1-2H3. The van der Waals surface area contributed by atoms with Crippen molar-refractivity contribution in [2.75, 3.05) is 16.4 Å². The van der Waals surface area contributed by atoms with Crippen LogP contribution in [0.3, 0.4) is 0 Å². The number of nitrogens with zero attached hydrogens (tertiary/aromatic N) is 4. The Hall–Kier alpha value is -2.62. The van der Waals surface area contributed by atoms with Gasteiger partial charge in [-0.3, -0.25) is 4.79 Å². The van der Waals surface area contributed by atoms with Crippen LogP contribution >= 0.6 is 34.9 Å². The Morgan fingerprint density at radius 3 is 2.66 bits per heavy atom. The highest BCUT2D eigenvalue weighted by Gasteiger charge is 2.33. The van der Waals surface area contributed by atoms with E-state index in [-0.39, 0.29) is 17.5 Å². The second-order valence-corrected chi connectivity index (χ2v) is 7.20. The number of benzene rings is 1. The molecule has 4 rings (SSSR count). The van der Waals surface area contributed by atoms with Crippen LogP contribution in [-0.4, -0.2) is 24.4 Å². The molecule has 8 nitrogen and oxygen atoms in total. The van der Waals surface area contributed by atoms with Gasteiger partial charge in [0.25, 0.3) is 5.91 Å². The summed E-state index contributed by atoms with van der Waals surface area (Å²) in [6.45, 7) is 5.82. The summed E-state index contributed by atoms with van der Waals surface area (Å²) in [4.78, 5) is 13.1. The Kier molecular flexibility index (Phi) is 6.41. The fraction of sp³-hybridized carbons (Fsp3) is 0.222. The molecule has 1 unspecified atom stereocenters. The lowest BCUT2D eigenvalue weighted by atomic mass is 9.95. The highest BCUT2D eigenvalue weighted by Crippen LogP contribution is 2.38. The molecule has 1 aliphatic rings. The van der Waals surface area contributed by atoms with Crippen molar-refractivity contribution in [2.24, 2.45) is 0 Å². The van der Waals surface area contributed by atoms with Gasteiger partial charge in [0.05, 0.1) is 33.5 Å². The van der Waals surface area contributed by atoms with Gasteiger partial charge in [-0.25, -0.2) is 4.68 Å². The molecule has 29 heavy (non-hydrogen) atoms. The molecule has 3 heterocycles. The Morgan fingerprint density at radius 2 is 2.00 bits per heavy atom. The van der Waals surface area contributed by atoms with Gasteiger partial charge in [0.15, 0.2) is 11.6 Å². The van der Waals surface area contributed by atoms with Crippen LogP contribution < -0.4 is 16.4 Å². The number of halogens is 2. The summed E-state index contributed by atoms with van der Waals surface area (Å²) < 4.78 is 9.59. The van der Waals surface area contributed by atoms with Crippen LogP contribution in [0.15, 0.2) is 41.7 Å². The summed E-state index contributed by atoms with van der Waals surface area (Å²) >= 11 is 13.2. The Morgan fingerprint density at radius 1 is 1.24 bits per heavy atom. The molecule has 1 atom stereocenters. The molecule has 2 aromatic heterocycles. The molecule has 1 aliphatic heterocycles. The minimum Gasteiger partial charge on any atom is -0.380 e. The first-order valence-corrected chi connectivity index (χ1v) is 10.3. The Balaban J connectivity index is 0.00000117. The van der Waals surface area contributed by atoms with Gasteiger partial charge < -0.3 is 16.4 Å². The summed E-state index contributed by atoms with van der Waals surface area (Å²) in [5, 5.41) is 11.1. The normalized spacial score (nSPS) is 15.1. The van der Waals surface area contributed by atoms with Crippen LogP contribution in [0.1, 0.15) is 32.4 Å². The molecule has 1 amide bonds. The first-order valence-electron chi connectivity index (χ1n) is 8.81. The van der Waals surface area contributed by atoms with E-state index in [1.165, 1.54) is 0 Å². The lowest BCUT2D eigenvalue weighted by Gasteiger charge is -2.29. The third kappa shape index (κ3) is 4.07. The molecule has 0 saturated carbocycles. The second-order valence-electron chi connectivity index (χ2n) is 5.85. The number of nitrogens with one attached hydrogen (secondary N) is 2. The van der Waals surface area contributed by atoms with Gasteiger partial charge in [0.1, 0.15) is 11.9 Å². The van der Waals surface area contributed by atoms with Crippen molar-refractivity contribution in [3.63, 3.8) is 0 Å². The molecule has 1 aromatic carbocycles. The largest absolute Gasteiger partial charge is 0.380 e. The molecule has 0 fully saturated rings. The maximum atomic E-state index is 13.1. The Bertz CT molecular complexity index is 1080. The minimum absolute atomic E-state index is 0.168. The lowest BCUT2D eigenvalue weighted by Crippen LogP contribution is -2.31. The van der Waals surface area contributed by atoms with Crippen molar-refractivity contribution in [2.45, 2.75) is 26.8 Å². The SMILES string of the molecule is CC.CC1=C(C(=O)Nc2nsnc2N)C(c2ccc(Cl)c(Cl)c2)n2nccc2N1. The number of hydrogen-bond donors (Lipinski definition) is 3. The summed E-state index contributed by atoms with van der Waals surface area (Å²) in [6, 6.07) is 6.56. The van der Waals surface area contributed by atoms with Gasteiger partial charge in [-0.15, -0.1) is 0 Å². The number of amides is 1. The number of allylic oxidation sites excluding steroid dienone is 1. The zero-order chi connectivity index (χ0) is 21.1. The number of nitrogens with two attached hydrogens (primary N) is 1. The van der Waals surface area contributed by atoms with Crippen molar-refractivity contribution in [3.8, 4) is 0 Å². The van der Waals surface area contributed by atoms with Crippen molar-refractivity contribution in [1.82, 2.24) is 18.5 Å². The van der Waals surface area contributed by atoms with E-state index in [1.54, 1.807) is 23.0 Å². The number of nitrogen functional groups attached to an aromatic ring is 1. The van der Waals surface area contributed by atoms with E-state index in [1.807, 2.05) is 32.9 Å². The third-order valence-electron chi connectivity index (χ3n) is 4.16. The first kappa shape index (κ1) is 21.1. The molecule has 0 radical (unpaired) electrons. The van der Waals surface area contributed by atoms with E-state index < -0.39 is 6.04 Å². The van der Waals surface area contributed by atoms with Gasteiger partial charge in [-0.1, -0.05) is 43.1 Å². The predicted octanol–water partition coefficient (Wildman–Crippen LogP) is 4.58. The van der Waals surface area contributed by atoms with E-state index in [4.69, 9.17) is 28.9 Å². The van der Waals surface area contributed by atoms with Crippen LogP contribution in [0.2, 0.25) is 10.0 Å². The van der Waals surface area contributed by atoms with Crippen molar-refractivity contribution < 1.29 is 4.79 Å². The number of anilines is 3. The number of aromatic nitrogens is 4. The highest BCUT2D eigenvalue weighted by molar-refractivity contribution is 6.99. The molecule has 0 aliphatic carbocycles. The zero-order valence-electron chi connectivity index (χ0n) is 15.9. The van der Waals surface area contributed by atoms with Crippen LogP contribution in [-0.2, 0) is 4.79 Å². The quantitative estimate of drug-likeness (QED) is 0.537. The van der Waals surface area contributed by atoms with Crippen molar-refractivity contribution in [3.05, 3.63) is 57.3 Å². The fourth-order valence-corrected chi connectivity index (χ4v) is 3.69. The van der Waals surface area contributed by atoms with Gasteiger partial charge in [-0.2, -0.15) is 13.8 Å². The molecular weight excluding hydrogens is 433 g/mol. The number of carbonyl (C=O) groups excluding carboxylic acids is 1. The zero-order valence-corrected chi connectivity index (χ0v) is 18.2. The molecular formula is C18H19Cl2N7OS. The minimum atomic E-state index is -0.501. The van der Waals surface area contributed by atoms with E-state index in [2.05, 4.69) is 24.5 Å². The summed E-state index contributed by atoms with van der Waals surface area (Å²) in [5.74, 6) is 0.789. The monoisotopic (exact) mass is 451 g/mol. The second kappa shape index (κ2) is 8.81. The van der Waals surface area contributed by atoms with Crippen LogP contribution in [0.5, 0.6) is 0 Å². The smallest absolute Gasteiger partial charge is 0.257 e. The van der Waals surface area contributed by atoms with E-state index in [0.717, 1.165) is 23.1 Å². The highest BCUT2D eigenvalue weighted by atomic mass is 35.5. The van der Waals surface area contributed by atoms with Gasteiger partial charge >= 0.3 is 0 Å². The lowest BCUT2D eigenvalue weighted by molar-refractivity contribution is -0.113. The molecule has 3 aromatic rings. The maximum Gasteiger partial charge on any atom is 0.257 e. The van der Waals surface area contributed by atoms with E-state index in [0.29, 0.717) is 21.3 Å². The molecule has 152 valence electrons. The molecule has 0 bridgehead atoms. The summed E-state index contributed by atoms with van der Waals surface area (Å²) in [6.07, 6.45) is 1.66. The fourth-order valence-electron chi connectivity index (χ4n) is 2.95. The molecule has 11 heteroatoms. The van der Waals surface area contributed by atoms with Crippen LogP contribution in [0.25, 0.3) is 0 Å².